The van der Waals surface area contributed by atoms with Crippen LogP contribution in [-0.4, -0.2) is 80.7 Å². The first-order valence-electron chi connectivity index (χ1n) is 13.3. The lowest BCUT2D eigenvalue weighted by Gasteiger charge is -2.36. The number of nitriles is 1. The molecule has 2 aliphatic rings. The number of amidine groups is 1. The van der Waals surface area contributed by atoms with E-state index in [1.54, 1.807) is 30.1 Å². The zero-order valence-electron chi connectivity index (χ0n) is 23.8. The van der Waals surface area contributed by atoms with Crippen molar-refractivity contribution in [2.24, 2.45) is 21.6 Å². The standard InChI is InChI=1S/C28H39N7O3S2/c1-6-18(2)27(34-16-20(15-29)23(30)17-34)32-19(3)13-25(31-4)26-9-7-8-12-35(26)28(36)22-14-21(39)10-11-24(22)33-40(5,37)38/h6,10-11,13-14,20,23,26,33,39H,7-9,12,16-17,30H2,1-5H3/b18-6-,19-13+,31-25?,32-27+/t20?,23?,26-/m0/s1. The Hall–Kier alpha value is -3.14. The van der Waals surface area contributed by atoms with Crippen LogP contribution in [0.5, 0.6) is 0 Å². The van der Waals surface area contributed by atoms with Crippen molar-refractivity contribution in [1.82, 2.24) is 9.80 Å². The van der Waals surface area contributed by atoms with Crippen molar-refractivity contribution in [3.8, 4) is 6.07 Å². The summed E-state index contributed by atoms with van der Waals surface area (Å²) in [5.41, 5.74) is 9.03. The van der Waals surface area contributed by atoms with Crippen molar-refractivity contribution in [1.29, 1.82) is 5.26 Å². The highest BCUT2D eigenvalue weighted by molar-refractivity contribution is 7.92. The molecule has 0 radical (unpaired) electrons. The van der Waals surface area contributed by atoms with E-state index in [1.807, 2.05) is 37.8 Å². The normalized spacial score (nSPS) is 23.3. The Morgan fingerprint density at radius 3 is 2.60 bits per heavy atom. The van der Waals surface area contributed by atoms with Crippen molar-refractivity contribution < 1.29 is 13.2 Å². The van der Waals surface area contributed by atoms with Gasteiger partial charge >= 0.3 is 0 Å². The molecule has 0 bridgehead atoms. The Morgan fingerprint density at radius 2 is 2.00 bits per heavy atom. The third kappa shape index (κ3) is 7.74. The number of likely N-dealkylation sites (tertiary alicyclic amines) is 2. The van der Waals surface area contributed by atoms with E-state index in [0.717, 1.165) is 30.5 Å². The molecule has 2 heterocycles. The number of hydrogen-bond donors (Lipinski definition) is 3. The summed E-state index contributed by atoms with van der Waals surface area (Å²) in [7, 11) is -1.90. The molecule has 1 amide bonds. The van der Waals surface area contributed by atoms with Crippen molar-refractivity contribution in [3.63, 3.8) is 0 Å². The number of thiol groups is 1. The average molecular weight is 586 g/mol. The Morgan fingerprint density at radius 1 is 1.27 bits per heavy atom. The van der Waals surface area contributed by atoms with Crippen LogP contribution in [0.1, 0.15) is 50.4 Å². The summed E-state index contributed by atoms with van der Waals surface area (Å²) in [6, 6.07) is 6.52. The second-order valence-electron chi connectivity index (χ2n) is 10.3. The number of rotatable bonds is 7. The topological polar surface area (TPSA) is 144 Å². The van der Waals surface area contributed by atoms with Crippen molar-refractivity contribution >= 4 is 45.8 Å². The first-order valence-corrected chi connectivity index (χ1v) is 15.6. The number of piperidine rings is 1. The maximum atomic E-state index is 13.8. The summed E-state index contributed by atoms with van der Waals surface area (Å²) < 4.78 is 26.4. The minimum absolute atomic E-state index is 0.215. The van der Waals surface area contributed by atoms with Gasteiger partial charge < -0.3 is 15.5 Å². The van der Waals surface area contributed by atoms with Crippen LogP contribution in [-0.2, 0) is 10.0 Å². The van der Waals surface area contributed by atoms with Gasteiger partial charge in [0, 0.05) is 43.3 Å². The molecule has 0 saturated carbocycles. The van der Waals surface area contributed by atoms with E-state index >= 15 is 0 Å². The van der Waals surface area contributed by atoms with Crippen LogP contribution in [0.2, 0.25) is 0 Å². The molecule has 12 heteroatoms. The monoisotopic (exact) mass is 585 g/mol. The maximum absolute atomic E-state index is 13.8. The van der Waals surface area contributed by atoms with Gasteiger partial charge in [0.1, 0.15) is 5.84 Å². The fourth-order valence-electron chi connectivity index (χ4n) is 5.03. The number of benzene rings is 1. The first kappa shape index (κ1) is 31.4. The number of amides is 1. The van der Waals surface area contributed by atoms with Crippen molar-refractivity contribution in [2.75, 3.05) is 37.7 Å². The summed E-state index contributed by atoms with van der Waals surface area (Å²) in [5.74, 6) is 0.214. The van der Waals surface area contributed by atoms with Crippen molar-refractivity contribution in [3.05, 3.63) is 47.2 Å². The summed E-state index contributed by atoms with van der Waals surface area (Å²) in [6.45, 7) is 7.38. The number of sulfonamides is 1. The molecule has 216 valence electrons. The van der Waals surface area contributed by atoms with Gasteiger partial charge in [0.25, 0.3) is 5.91 Å². The largest absolute Gasteiger partial charge is 0.353 e. The number of allylic oxidation sites excluding steroid dienone is 2. The van der Waals surface area contributed by atoms with Crippen LogP contribution in [0.4, 0.5) is 5.69 Å². The highest BCUT2D eigenvalue weighted by atomic mass is 32.2. The van der Waals surface area contributed by atoms with Crippen LogP contribution < -0.4 is 10.5 Å². The lowest BCUT2D eigenvalue weighted by molar-refractivity contribution is 0.0682. The Bertz CT molecular complexity index is 1390. The summed E-state index contributed by atoms with van der Waals surface area (Å²) >= 11 is 4.38. The van der Waals surface area contributed by atoms with Gasteiger partial charge in [0.2, 0.25) is 10.0 Å². The van der Waals surface area contributed by atoms with E-state index in [0.29, 0.717) is 42.4 Å². The number of nitrogens with one attached hydrogen (secondary N) is 1. The molecule has 2 saturated heterocycles. The zero-order valence-corrected chi connectivity index (χ0v) is 25.5. The van der Waals surface area contributed by atoms with E-state index < -0.39 is 10.0 Å². The van der Waals surface area contributed by atoms with E-state index in [1.165, 1.54) is 0 Å². The molecule has 40 heavy (non-hydrogen) atoms. The predicted molar refractivity (Wildman–Crippen MR) is 163 cm³/mol. The van der Waals surface area contributed by atoms with Gasteiger partial charge in [-0.05, 0) is 69.9 Å². The Balaban J connectivity index is 1.95. The van der Waals surface area contributed by atoms with Crippen LogP contribution in [0, 0.1) is 17.2 Å². The van der Waals surface area contributed by atoms with Crippen LogP contribution >= 0.6 is 12.6 Å². The molecule has 0 aliphatic carbocycles. The van der Waals surface area contributed by atoms with Gasteiger partial charge in [0.05, 0.1) is 41.2 Å². The summed E-state index contributed by atoms with van der Waals surface area (Å²) in [5, 5.41) is 9.44. The van der Waals surface area contributed by atoms with Crippen LogP contribution in [0.25, 0.3) is 0 Å². The minimum Gasteiger partial charge on any atom is -0.353 e. The second kappa shape index (κ2) is 13.5. The van der Waals surface area contributed by atoms with Gasteiger partial charge in [-0.1, -0.05) is 6.08 Å². The fraction of sp³-hybridized carbons (Fsp3) is 0.500. The number of nitrogens with zero attached hydrogens (tertiary/aromatic N) is 5. The minimum atomic E-state index is -3.59. The van der Waals surface area contributed by atoms with Gasteiger partial charge in [-0.2, -0.15) is 5.26 Å². The quantitative estimate of drug-likeness (QED) is 0.254. The molecule has 2 fully saturated rings. The number of hydrogen-bond acceptors (Lipinski definition) is 8. The van der Waals surface area contributed by atoms with E-state index in [2.05, 4.69) is 28.4 Å². The molecule has 1 aromatic rings. The first-order chi connectivity index (χ1) is 18.9. The molecule has 3 rings (SSSR count). The molecular formula is C28H39N7O3S2. The van der Waals surface area contributed by atoms with E-state index in [9.17, 15) is 18.5 Å². The van der Waals surface area contributed by atoms with Crippen molar-refractivity contribution in [2.45, 2.75) is 57.0 Å². The molecule has 3 N–H and O–H groups in total. The zero-order chi connectivity index (χ0) is 29.6. The second-order valence-corrected chi connectivity index (χ2v) is 12.5. The van der Waals surface area contributed by atoms with Gasteiger partial charge in [0.15, 0.2) is 0 Å². The number of carbonyl (C=O) groups excluding carboxylic acids is 1. The highest BCUT2D eigenvalue weighted by Gasteiger charge is 2.33. The molecular weight excluding hydrogens is 546 g/mol. The molecule has 0 aromatic heterocycles. The smallest absolute Gasteiger partial charge is 0.256 e. The molecule has 1 aromatic carbocycles. The lowest BCUT2D eigenvalue weighted by atomic mass is 9.95. The number of anilines is 1. The predicted octanol–water partition coefficient (Wildman–Crippen LogP) is 3.46. The van der Waals surface area contributed by atoms with Gasteiger partial charge in [-0.25, -0.2) is 13.4 Å². The van der Waals surface area contributed by atoms with Crippen LogP contribution in [0.15, 0.2) is 56.5 Å². The number of carbonyl (C=O) groups is 1. The van der Waals surface area contributed by atoms with E-state index in [4.69, 9.17) is 10.7 Å². The molecule has 2 unspecified atom stereocenters. The summed E-state index contributed by atoms with van der Waals surface area (Å²) in [6.07, 6.45) is 7.39. The third-order valence-electron chi connectivity index (χ3n) is 7.15. The average Bonchev–Trinajstić information content (AvgIpc) is 3.29. The lowest BCUT2D eigenvalue weighted by Crippen LogP contribution is -2.47. The molecule has 10 nitrogen and oxygen atoms in total. The molecule has 3 atom stereocenters. The third-order valence-corrected chi connectivity index (χ3v) is 8.02. The van der Waals surface area contributed by atoms with Crippen LogP contribution in [0.3, 0.4) is 0 Å². The molecule has 0 spiro atoms. The number of aliphatic imine (C=N–C) groups is 2. The van der Waals surface area contributed by atoms with E-state index in [-0.39, 0.29) is 35.2 Å². The van der Waals surface area contributed by atoms with Gasteiger partial charge in [-0.15, -0.1) is 12.6 Å². The fourth-order valence-corrected chi connectivity index (χ4v) is 5.81. The highest BCUT2D eigenvalue weighted by Crippen LogP contribution is 2.27. The number of nitrogens with two attached hydrogens (primary N) is 1. The Labute approximate surface area is 243 Å². The molecule has 2 aliphatic heterocycles. The summed E-state index contributed by atoms with van der Waals surface area (Å²) in [4.78, 5) is 27.7. The maximum Gasteiger partial charge on any atom is 0.256 e. The van der Waals surface area contributed by atoms with Gasteiger partial charge in [-0.3, -0.25) is 14.5 Å². The SMILES string of the molecule is C\C=C(C)/C(=N\C(C)=C\C(=NC)[C@@H]1CCCCN1C(=O)c1cc(S)ccc1NS(C)(=O)=O)N1CC(N)C(C#N)C1. The Kier molecular flexibility index (Phi) is 10.6.